The summed E-state index contributed by atoms with van der Waals surface area (Å²) in [5.74, 6) is 0.677. The largest absolute Gasteiger partial charge is 0.391 e. The summed E-state index contributed by atoms with van der Waals surface area (Å²) < 4.78 is 5.36. The summed E-state index contributed by atoms with van der Waals surface area (Å²) in [5.41, 5.74) is 0. The Morgan fingerprint density at radius 2 is 1.73 bits per heavy atom. The van der Waals surface area contributed by atoms with Gasteiger partial charge in [-0.2, -0.15) is 0 Å². The average molecular weight is 160 g/mol. The molecule has 0 aromatic heterocycles. The zero-order valence-electron chi connectivity index (χ0n) is 8.00. The van der Waals surface area contributed by atoms with E-state index in [1.807, 2.05) is 6.92 Å². The molecule has 2 heteroatoms. The van der Waals surface area contributed by atoms with Crippen LogP contribution in [0.5, 0.6) is 0 Å². The molecule has 0 aromatic rings. The van der Waals surface area contributed by atoms with Gasteiger partial charge in [-0.3, -0.25) is 0 Å². The SMILES string of the molecule is CC(C)CCOC(C)[C@H](C)O. The van der Waals surface area contributed by atoms with Crippen LogP contribution >= 0.6 is 0 Å². The topological polar surface area (TPSA) is 29.5 Å². The monoisotopic (exact) mass is 160 g/mol. The van der Waals surface area contributed by atoms with Crippen molar-refractivity contribution in [2.24, 2.45) is 5.92 Å². The van der Waals surface area contributed by atoms with E-state index in [0.29, 0.717) is 5.92 Å². The standard InChI is InChI=1S/C9H20O2/c1-7(2)5-6-11-9(4)8(3)10/h7-10H,5-6H2,1-4H3/t8-,9?/m0/s1. The van der Waals surface area contributed by atoms with Crippen LogP contribution in [0.4, 0.5) is 0 Å². The molecule has 0 aliphatic heterocycles. The molecule has 68 valence electrons. The second-order valence-corrected chi connectivity index (χ2v) is 3.50. The first kappa shape index (κ1) is 10.9. The first-order valence-corrected chi connectivity index (χ1v) is 4.33. The number of ether oxygens (including phenoxy) is 1. The molecule has 0 fully saturated rings. The molecule has 0 saturated heterocycles. The van der Waals surface area contributed by atoms with E-state index in [9.17, 15) is 0 Å². The first-order chi connectivity index (χ1) is 5.04. The van der Waals surface area contributed by atoms with Crippen LogP contribution in [-0.2, 0) is 4.74 Å². The van der Waals surface area contributed by atoms with Crippen molar-refractivity contribution in [2.75, 3.05) is 6.61 Å². The Hall–Kier alpha value is -0.0800. The van der Waals surface area contributed by atoms with Crippen LogP contribution in [0.1, 0.15) is 34.1 Å². The highest BCUT2D eigenvalue weighted by molar-refractivity contribution is 4.56. The highest BCUT2D eigenvalue weighted by atomic mass is 16.5. The van der Waals surface area contributed by atoms with Gasteiger partial charge in [-0.05, 0) is 26.2 Å². The zero-order valence-corrected chi connectivity index (χ0v) is 8.00. The van der Waals surface area contributed by atoms with Crippen LogP contribution in [-0.4, -0.2) is 23.9 Å². The fourth-order valence-corrected chi connectivity index (χ4v) is 0.629. The van der Waals surface area contributed by atoms with Gasteiger partial charge >= 0.3 is 0 Å². The summed E-state index contributed by atoms with van der Waals surface area (Å²) in [5, 5.41) is 9.06. The molecular formula is C9H20O2. The summed E-state index contributed by atoms with van der Waals surface area (Å²) >= 11 is 0. The lowest BCUT2D eigenvalue weighted by atomic mass is 10.1. The molecule has 0 amide bonds. The van der Waals surface area contributed by atoms with Gasteiger partial charge < -0.3 is 9.84 Å². The van der Waals surface area contributed by atoms with E-state index in [-0.39, 0.29) is 12.2 Å². The van der Waals surface area contributed by atoms with Crippen LogP contribution in [0.25, 0.3) is 0 Å². The first-order valence-electron chi connectivity index (χ1n) is 4.33. The Labute approximate surface area is 69.6 Å². The molecule has 0 radical (unpaired) electrons. The Balaban J connectivity index is 3.24. The van der Waals surface area contributed by atoms with Gasteiger partial charge in [0, 0.05) is 6.61 Å². The average Bonchev–Trinajstić information content (AvgIpc) is 1.86. The molecule has 0 bridgehead atoms. The Morgan fingerprint density at radius 1 is 1.18 bits per heavy atom. The molecular weight excluding hydrogens is 140 g/mol. The van der Waals surface area contributed by atoms with Gasteiger partial charge in [0.2, 0.25) is 0 Å². The third-order valence-electron chi connectivity index (χ3n) is 1.76. The third-order valence-corrected chi connectivity index (χ3v) is 1.76. The van der Waals surface area contributed by atoms with E-state index < -0.39 is 0 Å². The summed E-state index contributed by atoms with van der Waals surface area (Å²) in [7, 11) is 0. The number of aliphatic hydroxyl groups is 1. The molecule has 0 heterocycles. The van der Waals surface area contributed by atoms with E-state index in [1.54, 1.807) is 6.92 Å². The maximum absolute atomic E-state index is 9.06. The van der Waals surface area contributed by atoms with Gasteiger partial charge in [0.05, 0.1) is 12.2 Å². The quantitative estimate of drug-likeness (QED) is 0.664. The van der Waals surface area contributed by atoms with E-state index >= 15 is 0 Å². The van der Waals surface area contributed by atoms with Crippen molar-refractivity contribution in [2.45, 2.75) is 46.3 Å². The highest BCUT2D eigenvalue weighted by Gasteiger charge is 2.08. The molecule has 1 N–H and O–H groups in total. The van der Waals surface area contributed by atoms with Crippen molar-refractivity contribution >= 4 is 0 Å². The minimum Gasteiger partial charge on any atom is -0.391 e. The van der Waals surface area contributed by atoms with E-state index in [1.165, 1.54) is 0 Å². The zero-order chi connectivity index (χ0) is 8.85. The van der Waals surface area contributed by atoms with Crippen molar-refractivity contribution in [3.05, 3.63) is 0 Å². The van der Waals surface area contributed by atoms with Crippen molar-refractivity contribution in [3.8, 4) is 0 Å². The van der Waals surface area contributed by atoms with Crippen LogP contribution in [0, 0.1) is 5.92 Å². The number of aliphatic hydroxyl groups excluding tert-OH is 1. The van der Waals surface area contributed by atoms with E-state index in [0.717, 1.165) is 13.0 Å². The molecule has 0 saturated carbocycles. The molecule has 11 heavy (non-hydrogen) atoms. The third kappa shape index (κ3) is 6.32. The predicted octanol–water partition coefficient (Wildman–Crippen LogP) is 1.82. The number of rotatable bonds is 5. The molecule has 2 atom stereocenters. The fraction of sp³-hybridized carbons (Fsp3) is 1.00. The van der Waals surface area contributed by atoms with Crippen molar-refractivity contribution in [3.63, 3.8) is 0 Å². The lowest BCUT2D eigenvalue weighted by Gasteiger charge is -2.16. The maximum Gasteiger partial charge on any atom is 0.0803 e. The fourth-order valence-electron chi connectivity index (χ4n) is 0.629. The Kier molecular flexibility index (Phi) is 5.51. The van der Waals surface area contributed by atoms with E-state index in [4.69, 9.17) is 9.84 Å². The summed E-state index contributed by atoms with van der Waals surface area (Å²) in [4.78, 5) is 0. The minimum absolute atomic E-state index is 0.0336. The molecule has 0 aliphatic carbocycles. The summed E-state index contributed by atoms with van der Waals surface area (Å²) in [6.07, 6.45) is 0.674. The van der Waals surface area contributed by atoms with Crippen molar-refractivity contribution in [1.29, 1.82) is 0 Å². The molecule has 0 aromatic carbocycles. The summed E-state index contributed by atoms with van der Waals surface area (Å²) in [6.45, 7) is 8.72. The molecule has 1 unspecified atom stereocenters. The lowest BCUT2D eigenvalue weighted by molar-refractivity contribution is -0.0215. The van der Waals surface area contributed by atoms with Gasteiger partial charge in [0.15, 0.2) is 0 Å². The summed E-state index contributed by atoms with van der Waals surface area (Å²) in [6, 6.07) is 0. The predicted molar refractivity (Wildman–Crippen MR) is 46.5 cm³/mol. The van der Waals surface area contributed by atoms with Gasteiger partial charge in [0.25, 0.3) is 0 Å². The van der Waals surface area contributed by atoms with Crippen LogP contribution in [0.3, 0.4) is 0 Å². The van der Waals surface area contributed by atoms with Crippen LogP contribution < -0.4 is 0 Å². The maximum atomic E-state index is 9.06. The van der Waals surface area contributed by atoms with Crippen LogP contribution in [0.15, 0.2) is 0 Å². The van der Waals surface area contributed by atoms with Gasteiger partial charge in [-0.15, -0.1) is 0 Å². The van der Waals surface area contributed by atoms with Gasteiger partial charge in [-0.25, -0.2) is 0 Å². The molecule has 0 spiro atoms. The molecule has 0 aliphatic rings. The van der Waals surface area contributed by atoms with Crippen molar-refractivity contribution < 1.29 is 9.84 Å². The normalized spacial score (nSPS) is 16.9. The van der Waals surface area contributed by atoms with Crippen molar-refractivity contribution in [1.82, 2.24) is 0 Å². The lowest BCUT2D eigenvalue weighted by Crippen LogP contribution is -2.23. The Bertz CT molecular complexity index is 89.6. The minimum atomic E-state index is -0.359. The number of hydrogen-bond donors (Lipinski definition) is 1. The van der Waals surface area contributed by atoms with E-state index in [2.05, 4.69) is 13.8 Å². The van der Waals surface area contributed by atoms with Crippen LogP contribution in [0.2, 0.25) is 0 Å². The van der Waals surface area contributed by atoms with Gasteiger partial charge in [-0.1, -0.05) is 13.8 Å². The number of hydrogen-bond acceptors (Lipinski definition) is 2. The molecule has 2 nitrogen and oxygen atoms in total. The van der Waals surface area contributed by atoms with Gasteiger partial charge in [0.1, 0.15) is 0 Å². The highest BCUT2D eigenvalue weighted by Crippen LogP contribution is 2.03. The smallest absolute Gasteiger partial charge is 0.0803 e. The Morgan fingerprint density at radius 3 is 2.09 bits per heavy atom. The second-order valence-electron chi connectivity index (χ2n) is 3.50. The molecule has 0 rings (SSSR count). The second kappa shape index (κ2) is 5.56.